The average molecular weight is 431 g/mol. The van der Waals surface area contributed by atoms with Gasteiger partial charge in [0, 0.05) is 11.6 Å². The van der Waals surface area contributed by atoms with Crippen LogP contribution in [0.2, 0.25) is 0 Å². The Labute approximate surface area is 178 Å². The Morgan fingerprint density at radius 2 is 1.67 bits per heavy atom. The van der Waals surface area contributed by atoms with Crippen LogP contribution < -0.4 is 14.2 Å². The van der Waals surface area contributed by atoms with Gasteiger partial charge in [0.15, 0.2) is 0 Å². The lowest BCUT2D eigenvalue weighted by Gasteiger charge is -2.13. The first-order chi connectivity index (χ1) is 14.5. The minimum absolute atomic E-state index is 0.0982. The third-order valence-electron chi connectivity index (χ3n) is 4.15. The molecule has 0 spiro atoms. The number of thioether (sulfide) groups is 1. The predicted octanol–water partition coefficient (Wildman–Crippen LogP) is 4.74. The molecule has 1 aliphatic heterocycles. The number of imide groups is 1. The lowest BCUT2D eigenvalue weighted by molar-refractivity contribution is -0.123. The maximum Gasteiger partial charge on any atom is 0.293 e. The third kappa shape index (κ3) is 5.33. The van der Waals surface area contributed by atoms with Crippen molar-refractivity contribution in [3.05, 3.63) is 58.8 Å². The lowest BCUT2D eigenvalue weighted by Crippen LogP contribution is -2.32. The number of carbonyl (C=O) groups excluding carboxylic acids is 2. The van der Waals surface area contributed by atoms with Gasteiger partial charge in [0.1, 0.15) is 29.7 Å². The summed E-state index contributed by atoms with van der Waals surface area (Å²) < 4.78 is 29.6. The average Bonchev–Trinajstić information content (AvgIpc) is 2.99. The van der Waals surface area contributed by atoms with E-state index in [2.05, 4.69) is 0 Å². The van der Waals surface area contributed by atoms with Gasteiger partial charge in [0.2, 0.25) is 0 Å². The molecule has 2 aromatic carbocycles. The maximum atomic E-state index is 12.9. The topological polar surface area (TPSA) is 65.1 Å². The molecule has 1 heterocycles. The van der Waals surface area contributed by atoms with E-state index in [-0.39, 0.29) is 30.1 Å². The Balaban J connectivity index is 1.69. The smallest absolute Gasteiger partial charge is 0.293 e. The van der Waals surface area contributed by atoms with Crippen LogP contribution >= 0.6 is 11.8 Å². The molecule has 0 aliphatic carbocycles. The van der Waals surface area contributed by atoms with Crippen molar-refractivity contribution in [1.29, 1.82) is 0 Å². The van der Waals surface area contributed by atoms with Crippen LogP contribution in [-0.4, -0.2) is 42.4 Å². The van der Waals surface area contributed by atoms with E-state index in [9.17, 15) is 14.0 Å². The molecule has 158 valence electrons. The molecule has 0 bridgehead atoms. The lowest BCUT2D eigenvalue weighted by atomic mass is 10.1. The van der Waals surface area contributed by atoms with Crippen molar-refractivity contribution >= 4 is 29.0 Å². The zero-order chi connectivity index (χ0) is 21.5. The zero-order valence-corrected chi connectivity index (χ0v) is 17.5. The standard InChI is InChI=1S/C22H22FNO5S/c1-3-27-18-8-5-15(19(14-18)28-4-2)13-20-21(25)24(22(26)30-20)11-12-29-17-9-6-16(23)7-10-17/h5-10,13-14H,3-4,11-12H2,1-2H3/b20-13-. The number of rotatable bonds is 9. The van der Waals surface area contributed by atoms with Gasteiger partial charge in [-0.25, -0.2) is 4.39 Å². The van der Waals surface area contributed by atoms with Crippen molar-refractivity contribution in [3.8, 4) is 17.2 Å². The van der Waals surface area contributed by atoms with Crippen LogP contribution in [-0.2, 0) is 4.79 Å². The van der Waals surface area contributed by atoms with E-state index in [0.29, 0.717) is 40.9 Å². The molecule has 2 aromatic rings. The molecule has 0 N–H and O–H groups in total. The van der Waals surface area contributed by atoms with Crippen LogP contribution in [0, 0.1) is 5.82 Å². The first-order valence-corrected chi connectivity index (χ1v) is 10.4. The minimum Gasteiger partial charge on any atom is -0.494 e. The number of hydrogen-bond acceptors (Lipinski definition) is 6. The highest BCUT2D eigenvalue weighted by atomic mass is 32.2. The largest absolute Gasteiger partial charge is 0.494 e. The van der Waals surface area contributed by atoms with Gasteiger partial charge in [-0.1, -0.05) is 0 Å². The van der Waals surface area contributed by atoms with Crippen LogP contribution in [0.4, 0.5) is 9.18 Å². The van der Waals surface area contributed by atoms with E-state index in [4.69, 9.17) is 14.2 Å². The summed E-state index contributed by atoms with van der Waals surface area (Å²) in [7, 11) is 0. The summed E-state index contributed by atoms with van der Waals surface area (Å²) in [6.45, 7) is 4.96. The van der Waals surface area contributed by atoms with E-state index in [0.717, 1.165) is 16.7 Å². The minimum atomic E-state index is -0.385. The summed E-state index contributed by atoms with van der Waals surface area (Å²) >= 11 is 0.873. The number of amides is 2. The first-order valence-electron chi connectivity index (χ1n) is 9.55. The van der Waals surface area contributed by atoms with E-state index < -0.39 is 0 Å². The van der Waals surface area contributed by atoms with Crippen molar-refractivity contribution in [2.24, 2.45) is 0 Å². The van der Waals surface area contributed by atoms with Gasteiger partial charge in [-0.3, -0.25) is 14.5 Å². The van der Waals surface area contributed by atoms with Crippen molar-refractivity contribution < 1.29 is 28.2 Å². The summed E-state index contributed by atoms with van der Waals surface area (Å²) in [6, 6.07) is 10.9. The molecule has 30 heavy (non-hydrogen) atoms. The summed E-state index contributed by atoms with van der Waals surface area (Å²) in [5, 5.41) is -0.363. The Bertz CT molecular complexity index is 945. The van der Waals surface area contributed by atoms with Gasteiger partial charge in [-0.05, 0) is 68.1 Å². The van der Waals surface area contributed by atoms with Crippen molar-refractivity contribution in [3.63, 3.8) is 0 Å². The second kappa shape index (κ2) is 10.2. The van der Waals surface area contributed by atoms with Crippen LogP contribution in [0.15, 0.2) is 47.4 Å². The summed E-state index contributed by atoms with van der Waals surface area (Å²) in [5.74, 6) is 0.969. The molecule has 1 saturated heterocycles. The molecular weight excluding hydrogens is 409 g/mol. The summed E-state index contributed by atoms with van der Waals surface area (Å²) in [6.07, 6.45) is 1.65. The van der Waals surface area contributed by atoms with Gasteiger partial charge >= 0.3 is 0 Å². The molecule has 6 nitrogen and oxygen atoms in total. The summed E-state index contributed by atoms with van der Waals surface area (Å²) in [4.78, 5) is 26.4. The van der Waals surface area contributed by atoms with Gasteiger partial charge in [-0.15, -0.1) is 0 Å². The van der Waals surface area contributed by atoms with Crippen LogP contribution in [0.5, 0.6) is 17.2 Å². The SMILES string of the molecule is CCOc1ccc(/C=C2\SC(=O)N(CCOc3ccc(F)cc3)C2=O)c(OCC)c1. The van der Waals surface area contributed by atoms with Gasteiger partial charge < -0.3 is 14.2 Å². The molecule has 2 amide bonds. The van der Waals surface area contributed by atoms with E-state index in [1.165, 1.54) is 24.3 Å². The van der Waals surface area contributed by atoms with Crippen molar-refractivity contribution in [2.75, 3.05) is 26.4 Å². The van der Waals surface area contributed by atoms with E-state index in [1.54, 1.807) is 24.3 Å². The number of nitrogens with zero attached hydrogens (tertiary/aromatic N) is 1. The number of halogens is 1. The van der Waals surface area contributed by atoms with Crippen molar-refractivity contribution in [1.82, 2.24) is 4.90 Å². The van der Waals surface area contributed by atoms with Crippen LogP contribution in [0.25, 0.3) is 6.08 Å². The van der Waals surface area contributed by atoms with Gasteiger partial charge in [-0.2, -0.15) is 0 Å². The third-order valence-corrected chi connectivity index (χ3v) is 5.06. The second-order valence-electron chi connectivity index (χ2n) is 6.20. The Morgan fingerprint density at radius 1 is 0.967 bits per heavy atom. The maximum absolute atomic E-state index is 12.9. The van der Waals surface area contributed by atoms with E-state index >= 15 is 0 Å². The number of carbonyl (C=O) groups is 2. The summed E-state index contributed by atoms with van der Waals surface area (Å²) in [5.41, 5.74) is 0.688. The van der Waals surface area contributed by atoms with E-state index in [1.807, 2.05) is 13.8 Å². The van der Waals surface area contributed by atoms with Crippen LogP contribution in [0.1, 0.15) is 19.4 Å². The zero-order valence-electron chi connectivity index (χ0n) is 16.7. The highest BCUT2D eigenvalue weighted by Crippen LogP contribution is 2.35. The Hall–Kier alpha value is -3.00. The number of ether oxygens (including phenoxy) is 3. The molecule has 8 heteroatoms. The first kappa shape index (κ1) is 21.7. The second-order valence-corrected chi connectivity index (χ2v) is 7.19. The molecule has 1 aliphatic rings. The highest BCUT2D eigenvalue weighted by Gasteiger charge is 2.35. The fourth-order valence-electron chi connectivity index (χ4n) is 2.79. The molecule has 0 saturated carbocycles. The van der Waals surface area contributed by atoms with Crippen LogP contribution in [0.3, 0.4) is 0 Å². The number of hydrogen-bond donors (Lipinski definition) is 0. The number of benzene rings is 2. The molecule has 0 aromatic heterocycles. The quantitative estimate of drug-likeness (QED) is 0.535. The van der Waals surface area contributed by atoms with Gasteiger partial charge in [0.25, 0.3) is 11.1 Å². The predicted molar refractivity (Wildman–Crippen MR) is 113 cm³/mol. The molecule has 1 fully saturated rings. The molecule has 0 unspecified atom stereocenters. The molecule has 0 atom stereocenters. The monoisotopic (exact) mass is 431 g/mol. The normalized spacial score (nSPS) is 15.0. The van der Waals surface area contributed by atoms with Gasteiger partial charge in [0.05, 0.1) is 24.7 Å². The molecule has 0 radical (unpaired) electrons. The fourth-order valence-corrected chi connectivity index (χ4v) is 3.65. The molecule has 3 rings (SSSR count). The van der Waals surface area contributed by atoms with Crippen molar-refractivity contribution in [2.45, 2.75) is 13.8 Å². The molecular formula is C22H22FNO5S. The Kier molecular flexibility index (Phi) is 7.35. The Morgan fingerprint density at radius 3 is 2.37 bits per heavy atom. The fraction of sp³-hybridized carbons (Fsp3) is 0.273. The highest BCUT2D eigenvalue weighted by molar-refractivity contribution is 8.18.